The van der Waals surface area contributed by atoms with Crippen molar-refractivity contribution < 1.29 is 9.59 Å². The Kier molecular flexibility index (Phi) is 5.22. The van der Waals surface area contributed by atoms with Crippen molar-refractivity contribution in [1.29, 1.82) is 0 Å². The van der Waals surface area contributed by atoms with Crippen molar-refractivity contribution in [2.24, 2.45) is 0 Å². The number of halogens is 3. The largest absolute Gasteiger partial charge is 0.317 e. The number of hydrogen-bond acceptors (Lipinski definition) is 2. The number of para-hydroxylation sites is 1. The van der Waals surface area contributed by atoms with Crippen LogP contribution < -0.4 is 10.6 Å². The molecular formula is C14H9BrCl2N2O2. The first-order valence-corrected chi connectivity index (χ1v) is 7.34. The summed E-state index contributed by atoms with van der Waals surface area (Å²) in [5.41, 5.74) is 0.770. The number of hydrogen-bond donors (Lipinski definition) is 2. The molecule has 2 aromatic carbocycles. The average Bonchev–Trinajstić information content (AvgIpc) is 2.45. The minimum absolute atomic E-state index is 0.274. The molecule has 0 saturated heterocycles. The van der Waals surface area contributed by atoms with Crippen molar-refractivity contribution in [1.82, 2.24) is 0 Å². The van der Waals surface area contributed by atoms with Crippen LogP contribution in [0.25, 0.3) is 0 Å². The van der Waals surface area contributed by atoms with Crippen LogP contribution in [0.5, 0.6) is 0 Å². The maximum Gasteiger partial charge on any atom is 0.314 e. The van der Waals surface area contributed by atoms with E-state index in [9.17, 15) is 9.59 Å². The highest BCUT2D eigenvalue weighted by molar-refractivity contribution is 9.10. The van der Waals surface area contributed by atoms with Gasteiger partial charge in [-0.15, -0.1) is 0 Å². The molecule has 2 amide bonds. The number of benzene rings is 2. The number of rotatable bonds is 2. The van der Waals surface area contributed by atoms with Gasteiger partial charge in [0.15, 0.2) is 0 Å². The summed E-state index contributed by atoms with van der Waals surface area (Å²) in [6.45, 7) is 0. The van der Waals surface area contributed by atoms with Gasteiger partial charge in [-0.2, -0.15) is 0 Å². The molecule has 0 atom stereocenters. The van der Waals surface area contributed by atoms with Gasteiger partial charge < -0.3 is 10.6 Å². The zero-order chi connectivity index (χ0) is 15.4. The molecule has 0 saturated carbocycles. The molecule has 0 aliphatic carbocycles. The van der Waals surface area contributed by atoms with Gasteiger partial charge in [0.05, 0.1) is 16.4 Å². The number of carbonyl (C=O) groups is 2. The Morgan fingerprint density at radius 2 is 1.52 bits per heavy atom. The van der Waals surface area contributed by atoms with E-state index in [0.717, 1.165) is 0 Å². The maximum atomic E-state index is 11.9. The minimum Gasteiger partial charge on any atom is -0.317 e. The second-order valence-corrected chi connectivity index (χ2v) is 5.71. The Hall–Kier alpha value is -1.56. The van der Waals surface area contributed by atoms with Crippen LogP contribution in [0, 0.1) is 0 Å². The predicted octanol–water partition coefficient (Wildman–Crippen LogP) is 4.33. The Balaban J connectivity index is 2.08. The fraction of sp³-hybridized carbons (Fsp3) is 0. The number of anilines is 2. The Bertz CT molecular complexity index is 707. The quantitative estimate of drug-likeness (QED) is 0.753. The minimum atomic E-state index is -0.838. The predicted molar refractivity (Wildman–Crippen MR) is 87.9 cm³/mol. The number of amides is 2. The first kappa shape index (κ1) is 15.8. The second kappa shape index (κ2) is 6.93. The summed E-state index contributed by atoms with van der Waals surface area (Å²) in [4.78, 5) is 23.7. The summed E-state index contributed by atoms with van der Waals surface area (Å²) in [6.07, 6.45) is 0. The van der Waals surface area contributed by atoms with Gasteiger partial charge in [-0.3, -0.25) is 9.59 Å². The first-order chi connectivity index (χ1) is 9.97. The standard InChI is InChI=1S/C14H9BrCl2N2O2/c15-9-3-1-2-4-11(9)18-13(20)14(21)19-12-7-8(16)5-6-10(12)17/h1-7H,(H,18,20)(H,19,21). The normalized spacial score (nSPS) is 10.0. The van der Waals surface area contributed by atoms with Crippen LogP contribution in [0.4, 0.5) is 11.4 Å². The second-order valence-electron chi connectivity index (χ2n) is 4.01. The van der Waals surface area contributed by atoms with E-state index >= 15 is 0 Å². The van der Waals surface area contributed by atoms with Crippen LogP contribution in [0.3, 0.4) is 0 Å². The van der Waals surface area contributed by atoms with Gasteiger partial charge >= 0.3 is 11.8 Å². The van der Waals surface area contributed by atoms with E-state index in [0.29, 0.717) is 20.2 Å². The summed E-state index contributed by atoms with van der Waals surface area (Å²) in [5, 5.41) is 5.59. The summed E-state index contributed by atoms with van der Waals surface area (Å²) in [7, 11) is 0. The molecular weight excluding hydrogens is 379 g/mol. The fourth-order valence-electron chi connectivity index (χ4n) is 1.51. The van der Waals surface area contributed by atoms with Gasteiger partial charge in [0.1, 0.15) is 0 Å². The van der Waals surface area contributed by atoms with Gasteiger partial charge in [-0.1, -0.05) is 35.3 Å². The fourth-order valence-corrected chi connectivity index (χ4v) is 2.23. The van der Waals surface area contributed by atoms with Crippen LogP contribution >= 0.6 is 39.1 Å². The highest BCUT2D eigenvalue weighted by Crippen LogP contribution is 2.25. The molecule has 0 aromatic heterocycles. The third-order valence-corrected chi connectivity index (χ3v) is 3.76. The van der Waals surface area contributed by atoms with Crippen molar-refractivity contribution >= 4 is 62.3 Å². The lowest BCUT2D eigenvalue weighted by molar-refractivity contribution is -0.133. The molecule has 2 rings (SSSR count). The molecule has 21 heavy (non-hydrogen) atoms. The van der Waals surface area contributed by atoms with Crippen molar-refractivity contribution in [3.05, 3.63) is 57.0 Å². The van der Waals surface area contributed by atoms with Crippen molar-refractivity contribution in [2.75, 3.05) is 10.6 Å². The number of nitrogens with one attached hydrogen (secondary N) is 2. The summed E-state index contributed by atoms with van der Waals surface area (Å²) >= 11 is 15.0. The van der Waals surface area contributed by atoms with Crippen molar-refractivity contribution in [2.45, 2.75) is 0 Å². The molecule has 0 radical (unpaired) electrons. The third kappa shape index (κ3) is 4.20. The van der Waals surface area contributed by atoms with Crippen molar-refractivity contribution in [3.8, 4) is 0 Å². The van der Waals surface area contributed by atoms with Crippen molar-refractivity contribution in [3.63, 3.8) is 0 Å². The molecule has 2 N–H and O–H groups in total. The molecule has 4 nitrogen and oxygen atoms in total. The van der Waals surface area contributed by atoms with E-state index in [1.54, 1.807) is 30.3 Å². The summed E-state index contributed by atoms with van der Waals surface area (Å²) in [5.74, 6) is -1.65. The molecule has 2 aromatic rings. The lowest BCUT2D eigenvalue weighted by Crippen LogP contribution is -2.29. The molecule has 108 valence electrons. The van der Waals surface area contributed by atoms with Gasteiger partial charge in [0.2, 0.25) is 0 Å². The van der Waals surface area contributed by atoms with Crippen LogP contribution in [-0.2, 0) is 9.59 Å². The zero-order valence-electron chi connectivity index (χ0n) is 10.5. The van der Waals surface area contributed by atoms with Crippen LogP contribution in [0.1, 0.15) is 0 Å². The van der Waals surface area contributed by atoms with E-state index in [-0.39, 0.29) is 5.69 Å². The van der Waals surface area contributed by atoms with Crippen LogP contribution in [0.15, 0.2) is 46.9 Å². The average molecular weight is 388 g/mol. The Labute approximate surface area is 139 Å². The monoisotopic (exact) mass is 386 g/mol. The van der Waals surface area contributed by atoms with Gasteiger partial charge in [0, 0.05) is 9.50 Å². The third-order valence-electron chi connectivity index (χ3n) is 2.50. The first-order valence-electron chi connectivity index (χ1n) is 5.79. The summed E-state index contributed by atoms with van der Waals surface area (Å²) < 4.78 is 0.673. The maximum absolute atomic E-state index is 11.9. The van der Waals surface area contributed by atoms with Crippen LogP contribution in [0.2, 0.25) is 10.0 Å². The lowest BCUT2D eigenvalue weighted by Gasteiger charge is -2.09. The topological polar surface area (TPSA) is 58.2 Å². The molecule has 0 bridgehead atoms. The smallest absolute Gasteiger partial charge is 0.314 e. The Morgan fingerprint density at radius 1 is 0.905 bits per heavy atom. The lowest BCUT2D eigenvalue weighted by atomic mass is 10.3. The van der Waals surface area contributed by atoms with Crippen LogP contribution in [-0.4, -0.2) is 11.8 Å². The van der Waals surface area contributed by atoms with E-state index in [4.69, 9.17) is 23.2 Å². The van der Waals surface area contributed by atoms with E-state index in [1.165, 1.54) is 12.1 Å². The molecule has 0 heterocycles. The van der Waals surface area contributed by atoms with E-state index in [2.05, 4.69) is 26.6 Å². The summed E-state index contributed by atoms with van der Waals surface area (Å²) in [6, 6.07) is 11.5. The molecule has 0 spiro atoms. The van der Waals surface area contributed by atoms with Gasteiger partial charge in [0.25, 0.3) is 0 Å². The number of carbonyl (C=O) groups excluding carboxylic acids is 2. The molecule has 0 unspecified atom stereocenters. The zero-order valence-corrected chi connectivity index (χ0v) is 13.6. The molecule has 7 heteroatoms. The SMILES string of the molecule is O=C(Nc1cc(Cl)ccc1Cl)C(=O)Nc1ccccc1Br. The van der Waals surface area contributed by atoms with Gasteiger partial charge in [-0.25, -0.2) is 0 Å². The van der Waals surface area contributed by atoms with E-state index in [1.807, 2.05) is 0 Å². The van der Waals surface area contributed by atoms with Gasteiger partial charge in [-0.05, 0) is 46.3 Å². The molecule has 0 aliphatic rings. The molecule has 0 fully saturated rings. The molecule has 0 aliphatic heterocycles. The highest BCUT2D eigenvalue weighted by Gasteiger charge is 2.16. The Morgan fingerprint density at radius 3 is 2.19 bits per heavy atom. The highest BCUT2D eigenvalue weighted by atomic mass is 79.9. The van der Waals surface area contributed by atoms with E-state index < -0.39 is 11.8 Å².